The third kappa shape index (κ3) is 3.43. The van der Waals surface area contributed by atoms with Crippen LogP contribution in [0.2, 0.25) is 5.02 Å². The lowest BCUT2D eigenvalue weighted by Crippen LogP contribution is -2.50. The topological polar surface area (TPSA) is 40.5 Å². The first-order valence-corrected chi connectivity index (χ1v) is 8.92. The molecular weight excluding hydrogens is 402 g/mol. The Morgan fingerprint density at radius 1 is 1.24 bits per heavy atom. The molecule has 0 spiro atoms. The molecule has 1 saturated heterocycles. The molecular formula is C20H17BrClNO2. The van der Waals surface area contributed by atoms with Crippen molar-refractivity contribution < 1.29 is 9.90 Å². The van der Waals surface area contributed by atoms with Gasteiger partial charge in [-0.15, -0.1) is 0 Å². The van der Waals surface area contributed by atoms with Gasteiger partial charge < -0.3 is 10.0 Å². The molecule has 3 nitrogen and oxygen atoms in total. The zero-order chi connectivity index (χ0) is 18.2. The molecule has 5 heteroatoms. The van der Waals surface area contributed by atoms with E-state index in [9.17, 15) is 9.90 Å². The summed E-state index contributed by atoms with van der Waals surface area (Å²) in [6.45, 7) is 5.68. The quantitative estimate of drug-likeness (QED) is 0.709. The maximum atomic E-state index is 12.7. The van der Waals surface area contributed by atoms with Crippen LogP contribution in [0.3, 0.4) is 0 Å². The Kier molecular flexibility index (Phi) is 4.87. The fraction of sp³-hybridized carbons (Fsp3) is 0.150. The van der Waals surface area contributed by atoms with Gasteiger partial charge in [0.25, 0.3) is 5.91 Å². The Morgan fingerprint density at radius 2 is 1.88 bits per heavy atom. The summed E-state index contributed by atoms with van der Waals surface area (Å²) in [5.74, 6) is -0.288. The van der Waals surface area contributed by atoms with Crippen LogP contribution < -0.4 is 4.90 Å². The highest BCUT2D eigenvalue weighted by atomic mass is 79.9. The lowest BCUT2D eigenvalue weighted by molar-refractivity contribution is -0.117. The number of benzene rings is 2. The minimum absolute atomic E-state index is 0.139. The van der Waals surface area contributed by atoms with Crippen LogP contribution in [0.5, 0.6) is 0 Å². The van der Waals surface area contributed by atoms with Gasteiger partial charge >= 0.3 is 0 Å². The van der Waals surface area contributed by atoms with Crippen LogP contribution in [0.25, 0.3) is 6.08 Å². The number of rotatable bonds is 2. The summed E-state index contributed by atoms with van der Waals surface area (Å²) >= 11 is 9.63. The average molecular weight is 419 g/mol. The molecule has 1 fully saturated rings. The van der Waals surface area contributed by atoms with Crippen molar-refractivity contribution in [2.45, 2.75) is 12.5 Å². The van der Waals surface area contributed by atoms with E-state index in [0.29, 0.717) is 10.6 Å². The number of hydrogen-bond donors (Lipinski definition) is 1. The van der Waals surface area contributed by atoms with E-state index in [1.807, 2.05) is 48.5 Å². The number of carbonyl (C=O) groups is 1. The van der Waals surface area contributed by atoms with Gasteiger partial charge in [0.2, 0.25) is 0 Å². The molecule has 0 aromatic heterocycles. The minimum Gasteiger partial charge on any atom is -0.381 e. The van der Waals surface area contributed by atoms with Crippen LogP contribution in [0.15, 0.2) is 70.7 Å². The van der Waals surface area contributed by atoms with E-state index in [-0.39, 0.29) is 18.0 Å². The first-order valence-electron chi connectivity index (χ1n) is 7.75. The number of nitrogens with zero attached hydrogens (tertiary/aromatic N) is 1. The van der Waals surface area contributed by atoms with Crippen molar-refractivity contribution in [2.24, 2.45) is 0 Å². The van der Waals surface area contributed by atoms with Crippen LogP contribution in [0.4, 0.5) is 5.69 Å². The number of aliphatic hydroxyl groups is 1. The van der Waals surface area contributed by atoms with Crippen LogP contribution in [0, 0.1) is 0 Å². The van der Waals surface area contributed by atoms with E-state index in [2.05, 4.69) is 22.5 Å². The highest BCUT2D eigenvalue weighted by Gasteiger charge is 2.41. The third-order valence-corrected chi connectivity index (χ3v) is 5.29. The smallest absolute Gasteiger partial charge is 0.257 e. The van der Waals surface area contributed by atoms with Crippen molar-refractivity contribution in [2.75, 3.05) is 11.4 Å². The number of halogens is 2. The minimum atomic E-state index is -1.41. The Bertz CT molecular complexity index is 872. The summed E-state index contributed by atoms with van der Waals surface area (Å²) in [4.78, 5) is 14.3. The third-order valence-electron chi connectivity index (χ3n) is 4.42. The van der Waals surface area contributed by atoms with Gasteiger partial charge in [-0.3, -0.25) is 4.79 Å². The van der Waals surface area contributed by atoms with E-state index in [1.54, 1.807) is 17.9 Å². The molecule has 3 rings (SSSR count). The Balaban J connectivity index is 2.05. The monoisotopic (exact) mass is 417 g/mol. The molecule has 128 valence electrons. The molecule has 0 saturated carbocycles. The van der Waals surface area contributed by atoms with E-state index in [1.165, 1.54) is 0 Å². The fourth-order valence-corrected chi connectivity index (χ4v) is 3.21. The van der Waals surface area contributed by atoms with E-state index < -0.39 is 5.60 Å². The Hall–Kier alpha value is -1.88. The molecule has 0 aliphatic carbocycles. The van der Waals surface area contributed by atoms with Gasteiger partial charge in [-0.25, -0.2) is 0 Å². The molecule has 1 N–H and O–H groups in total. The standard InChI is InChI=1S/C20H17BrClNO2/c1-13-19(24)23(17-9-7-16(21)8-10-17)12-15(20(13,2)25)11-14-5-3-4-6-18(14)22/h3-11,25H,1,12H2,2H3/b15-11+. The summed E-state index contributed by atoms with van der Waals surface area (Å²) < 4.78 is 0.929. The average Bonchev–Trinajstić information content (AvgIpc) is 2.58. The van der Waals surface area contributed by atoms with Gasteiger partial charge in [-0.2, -0.15) is 0 Å². The Morgan fingerprint density at radius 3 is 2.52 bits per heavy atom. The lowest BCUT2D eigenvalue weighted by Gasteiger charge is -2.39. The zero-order valence-corrected chi connectivity index (χ0v) is 16.0. The number of amides is 1. The van der Waals surface area contributed by atoms with Crippen LogP contribution in [-0.4, -0.2) is 23.2 Å². The van der Waals surface area contributed by atoms with Gasteiger partial charge in [0.1, 0.15) is 5.60 Å². The zero-order valence-electron chi connectivity index (χ0n) is 13.7. The molecule has 0 bridgehead atoms. The van der Waals surface area contributed by atoms with E-state index in [0.717, 1.165) is 15.7 Å². The fourth-order valence-electron chi connectivity index (χ4n) is 2.76. The summed E-state index contributed by atoms with van der Waals surface area (Å²) in [5.41, 5.74) is 0.919. The largest absolute Gasteiger partial charge is 0.381 e. The highest BCUT2D eigenvalue weighted by molar-refractivity contribution is 9.10. The summed E-state index contributed by atoms with van der Waals surface area (Å²) in [6.07, 6.45) is 1.83. The van der Waals surface area contributed by atoms with Crippen LogP contribution in [0.1, 0.15) is 12.5 Å². The molecule has 25 heavy (non-hydrogen) atoms. The predicted molar refractivity (Wildman–Crippen MR) is 106 cm³/mol. The van der Waals surface area contributed by atoms with Crippen molar-refractivity contribution in [3.63, 3.8) is 0 Å². The summed E-state index contributed by atoms with van der Waals surface area (Å²) in [5, 5.41) is 11.5. The number of anilines is 1. The first-order chi connectivity index (χ1) is 11.8. The van der Waals surface area contributed by atoms with Gasteiger partial charge in [0.15, 0.2) is 0 Å². The number of piperidine rings is 1. The van der Waals surface area contributed by atoms with Crippen molar-refractivity contribution >= 4 is 45.2 Å². The SMILES string of the molecule is C=C1C(=O)N(c2ccc(Br)cc2)C/C(=C\c2ccccc2Cl)C1(C)O. The predicted octanol–water partition coefficient (Wildman–Crippen LogP) is 4.84. The van der Waals surface area contributed by atoms with Crippen LogP contribution >= 0.6 is 27.5 Å². The van der Waals surface area contributed by atoms with E-state index >= 15 is 0 Å². The first kappa shape index (κ1) is 17.9. The van der Waals surface area contributed by atoms with Crippen molar-refractivity contribution in [1.29, 1.82) is 0 Å². The number of carbonyl (C=O) groups excluding carboxylic acids is 1. The van der Waals surface area contributed by atoms with Crippen LogP contribution in [-0.2, 0) is 4.79 Å². The van der Waals surface area contributed by atoms with Crippen molar-refractivity contribution in [3.8, 4) is 0 Å². The molecule has 1 amide bonds. The van der Waals surface area contributed by atoms with Gasteiger partial charge in [0, 0.05) is 20.8 Å². The van der Waals surface area contributed by atoms with Crippen molar-refractivity contribution in [1.82, 2.24) is 0 Å². The normalized spacial score (nSPS) is 22.6. The van der Waals surface area contributed by atoms with E-state index in [4.69, 9.17) is 11.6 Å². The molecule has 1 unspecified atom stereocenters. The molecule has 1 aliphatic rings. The molecule has 0 radical (unpaired) electrons. The van der Waals surface area contributed by atoms with Gasteiger partial charge in [-0.05, 0) is 54.5 Å². The molecule has 1 heterocycles. The second kappa shape index (κ2) is 6.79. The van der Waals surface area contributed by atoms with Crippen molar-refractivity contribution in [3.05, 3.63) is 81.3 Å². The molecule has 2 aromatic carbocycles. The number of hydrogen-bond acceptors (Lipinski definition) is 2. The van der Waals surface area contributed by atoms with Gasteiger partial charge in [-0.1, -0.05) is 52.3 Å². The Labute approximate surface area is 160 Å². The lowest BCUT2D eigenvalue weighted by atomic mass is 9.82. The molecule has 1 atom stereocenters. The molecule has 1 aliphatic heterocycles. The summed E-state index contributed by atoms with van der Waals surface area (Å²) in [6, 6.07) is 14.8. The summed E-state index contributed by atoms with van der Waals surface area (Å²) in [7, 11) is 0. The maximum absolute atomic E-state index is 12.7. The van der Waals surface area contributed by atoms with Gasteiger partial charge in [0.05, 0.1) is 6.54 Å². The highest BCUT2D eigenvalue weighted by Crippen LogP contribution is 2.36. The molecule has 2 aromatic rings. The second-order valence-electron chi connectivity index (χ2n) is 6.11. The maximum Gasteiger partial charge on any atom is 0.257 e. The second-order valence-corrected chi connectivity index (χ2v) is 7.43.